The van der Waals surface area contributed by atoms with Crippen LogP contribution in [0.2, 0.25) is 0 Å². The maximum Gasteiger partial charge on any atom is 0.240 e. The SMILES string of the molecule is O=S(=O)(NCC1CCN(c2cccnc2)CC1)c1ccc(F)c(F)c1. The third-order valence-electron chi connectivity index (χ3n) is 4.39. The van der Waals surface area contributed by atoms with E-state index in [1.54, 1.807) is 6.20 Å². The molecule has 2 heterocycles. The van der Waals surface area contributed by atoms with Gasteiger partial charge in [-0.2, -0.15) is 0 Å². The van der Waals surface area contributed by atoms with Gasteiger partial charge < -0.3 is 4.90 Å². The number of hydrogen-bond donors (Lipinski definition) is 1. The number of halogens is 2. The molecule has 1 N–H and O–H groups in total. The molecular formula is C17H19F2N3O2S. The van der Waals surface area contributed by atoms with Crippen LogP contribution in [0, 0.1) is 17.6 Å². The number of hydrogen-bond acceptors (Lipinski definition) is 4. The lowest BCUT2D eigenvalue weighted by atomic mass is 9.97. The van der Waals surface area contributed by atoms with Crippen LogP contribution in [0.1, 0.15) is 12.8 Å². The van der Waals surface area contributed by atoms with E-state index in [-0.39, 0.29) is 17.4 Å². The van der Waals surface area contributed by atoms with E-state index in [0.29, 0.717) is 6.07 Å². The Kier molecular flexibility index (Phi) is 5.29. The predicted molar refractivity (Wildman–Crippen MR) is 90.7 cm³/mol. The second-order valence-electron chi connectivity index (χ2n) is 6.07. The average molecular weight is 367 g/mol. The first kappa shape index (κ1) is 17.8. The van der Waals surface area contributed by atoms with Gasteiger partial charge in [0, 0.05) is 25.8 Å². The molecule has 8 heteroatoms. The molecule has 0 radical (unpaired) electrons. The first-order valence-corrected chi connectivity index (χ1v) is 9.54. The molecule has 3 rings (SSSR count). The Morgan fingerprint density at radius 2 is 1.92 bits per heavy atom. The molecule has 0 saturated carbocycles. The summed E-state index contributed by atoms with van der Waals surface area (Å²) in [6, 6.07) is 6.46. The zero-order valence-electron chi connectivity index (χ0n) is 13.5. The quantitative estimate of drug-likeness (QED) is 0.882. The van der Waals surface area contributed by atoms with E-state index in [1.807, 2.05) is 18.3 Å². The normalized spacial score (nSPS) is 16.2. The first-order chi connectivity index (χ1) is 12.0. The van der Waals surface area contributed by atoms with E-state index < -0.39 is 21.7 Å². The molecule has 0 unspecified atom stereocenters. The van der Waals surface area contributed by atoms with E-state index >= 15 is 0 Å². The summed E-state index contributed by atoms with van der Waals surface area (Å²) in [6.07, 6.45) is 5.22. The molecule has 0 atom stereocenters. The van der Waals surface area contributed by atoms with Crippen molar-refractivity contribution in [3.63, 3.8) is 0 Å². The van der Waals surface area contributed by atoms with Crippen LogP contribution >= 0.6 is 0 Å². The van der Waals surface area contributed by atoms with Gasteiger partial charge in [-0.05, 0) is 49.1 Å². The molecule has 0 bridgehead atoms. The lowest BCUT2D eigenvalue weighted by Gasteiger charge is -2.33. The van der Waals surface area contributed by atoms with Crippen LogP contribution in [0.25, 0.3) is 0 Å². The van der Waals surface area contributed by atoms with Crippen molar-refractivity contribution in [2.24, 2.45) is 5.92 Å². The molecule has 25 heavy (non-hydrogen) atoms. The Labute approximate surface area is 145 Å². The fourth-order valence-electron chi connectivity index (χ4n) is 2.89. The van der Waals surface area contributed by atoms with Gasteiger partial charge >= 0.3 is 0 Å². The summed E-state index contributed by atoms with van der Waals surface area (Å²) in [5.74, 6) is -2.04. The van der Waals surface area contributed by atoms with Gasteiger partial charge in [0.25, 0.3) is 0 Å². The summed E-state index contributed by atoms with van der Waals surface area (Å²) >= 11 is 0. The molecule has 1 aromatic heterocycles. The van der Waals surface area contributed by atoms with Crippen molar-refractivity contribution in [3.05, 3.63) is 54.4 Å². The molecule has 5 nitrogen and oxygen atoms in total. The molecule has 2 aromatic rings. The largest absolute Gasteiger partial charge is 0.370 e. The number of rotatable bonds is 5. The standard InChI is InChI=1S/C17H19F2N3O2S/c18-16-4-3-15(10-17(16)19)25(23,24)21-11-13-5-8-22(9-6-13)14-2-1-7-20-12-14/h1-4,7,10,12-13,21H,5-6,8-9,11H2. The molecule has 1 aliphatic heterocycles. The first-order valence-electron chi connectivity index (χ1n) is 8.05. The van der Waals surface area contributed by atoms with Gasteiger partial charge in [-0.25, -0.2) is 21.9 Å². The molecule has 0 amide bonds. The highest BCUT2D eigenvalue weighted by atomic mass is 32.2. The average Bonchev–Trinajstić information content (AvgIpc) is 2.63. The van der Waals surface area contributed by atoms with Gasteiger partial charge in [-0.3, -0.25) is 4.98 Å². The Bertz CT molecular complexity index is 823. The Morgan fingerprint density at radius 1 is 1.16 bits per heavy atom. The minimum absolute atomic E-state index is 0.202. The fraction of sp³-hybridized carbons (Fsp3) is 0.353. The van der Waals surface area contributed by atoms with Crippen molar-refractivity contribution < 1.29 is 17.2 Å². The minimum Gasteiger partial charge on any atom is -0.370 e. The number of nitrogens with one attached hydrogen (secondary N) is 1. The van der Waals surface area contributed by atoms with Gasteiger partial charge in [0.2, 0.25) is 10.0 Å². The lowest BCUT2D eigenvalue weighted by Crippen LogP contribution is -2.38. The Hall–Kier alpha value is -2.06. The van der Waals surface area contributed by atoms with Gasteiger partial charge in [-0.15, -0.1) is 0 Å². The van der Waals surface area contributed by atoms with Crippen molar-refractivity contribution in [2.45, 2.75) is 17.7 Å². The third kappa shape index (κ3) is 4.32. The van der Waals surface area contributed by atoms with Crippen LogP contribution in [0.15, 0.2) is 47.6 Å². The topological polar surface area (TPSA) is 62.3 Å². The lowest BCUT2D eigenvalue weighted by molar-refractivity contribution is 0.402. The molecular weight excluding hydrogens is 348 g/mol. The zero-order valence-corrected chi connectivity index (χ0v) is 14.3. The highest BCUT2D eigenvalue weighted by Gasteiger charge is 2.22. The smallest absolute Gasteiger partial charge is 0.240 e. The molecule has 0 aliphatic carbocycles. The molecule has 1 fully saturated rings. The molecule has 0 spiro atoms. The molecule has 134 valence electrons. The second-order valence-corrected chi connectivity index (χ2v) is 7.84. The number of piperidine rings is 1. The second kappa shape index (κ2) is 7.45. The van der Waals surface area contributed by atoms with E-state index in [9.17, 15) is 17.2 Å². The van der Waals surface area contributed by atoms with Crippen LogP contribution in [0.4, 0.5) is 14.5 Å². The van der Waals surface area contributed by atoms with Crippen LogP contribution in [-0.2, 0) is 10.0 Å². The van der Waals surface area contributed by atoms with Crippen LogP contribution in [0.5, 0.6) is 0 Å². The summed E-state index contributed by atoms with van der Waals surface area (Å²) in [4.78, 5) is 6.05. The number of anilines is 1. The van der Waals surface area contributed by atoms with E-state index in [1.165, 1.54) is 0 Å². The van der Waals surface area contributed by atoms with Crippen LogP contribution < -0.4 is 9.62 Å². The Balaban J connectivity index is 1.55. The van der Waals surface area contributed by atoms with Crippen molar-refractivity contribution in [3.8, 4) is 0 Å². The van der Waals surface area contributed by atoms with Gasteiger partial charge in [0.15, 0.2) is 11.6 Å². The maximum absolute atomic E-state index is 13.2. The van der Waals surface area contributed by atoms with Gasteiger partial charge in [0.05, 0.1) is 16.8 Å². The van der Waals surface area contributed by atoms with Crippen molar-refractivity contribution in [1.29, 1.82) is 0 Å². The minimum atomic E-state index is -3.84. The van der Waals surface area contributed by atoms with E-state index in [0.717, 1.165) is 43.8 Å². The fourth-order valence-corrected chi connectivity index (χ4v) is 4.02. The third-order valence-corrected chi connectivity index (χ3v) is 5.81. The highest BCUT2D eigenvalue weighted by molar-refractivity contribution is 7.89. The summed E-state index contributed by atoms with van der Waals surface area (Å²) < 4.78 is 53.1. The van der Waals surface area contributed by atoms with Crippen LogP contribution in [0.3, 0.4) is 0 Å². The molecule has 1 saturated heterocycles. The number of benzene rings is 1. The summed E-state index contributed by atoms with van der Waals surface area (Å²) in [7, 11) is -3.84. The number of sulfonamides is 1. The van der Waals surface area contributed by atoms with Crippen molar-refractivity contribution in [2.75, 3.05) is 24.5 Å². The number of aromatic nitrogens is 1. The number of pyridine rings is 1. The van der Waals surface area contributed by atoms with E-state index in [4.69, 9.17) is 0 Å². The van der Waals surface area contributed by atoms with E-state index in [2.05, 4.69) is 14.6 Å². The summed E-state index contributed by atoms with van der Waals surface area (Å²) in [5.41, 5.74) is 1.06. The summed E-state index contributed by atoms with van der Waals surface area (Å²) in [6.45, 7) is 1.93. The number of nitrogens with zero attached hydrogens (tertiary/aromatic N) is 2. The summed E-state index contributed by atoms with van der Waals surface area (Å²) in [5, 5.41) is 0. The monoisotopic (exact) mass is 367 g/mol. The van der Waals surface area contributed by atoms with Gasteiger partial charge in [-0.1, -0.05) is 0 Å². The highest BCUT2D eigenvalue weighted by Crippen LogP contribution is 2.22. The maximum atomic E-state index is 13.2. The molecule has 1 aromatic carbocycles. The predicted octanol–water partition coefficient (Wildman–Crippen LogP) is 2.55. The van der Waals surface area contributed by atoms with Gasteiger partial charge in [0.1, 0.15) is 0 Å². The zero-order chi connectivity index (χ0) is 17.9. The van der Waals surface area contributed by atoms with Crippen LogP contribution in [-0.4, -0.2) is 33.0 Å². The van der Waals surface area contributed by atoms with Crippen molar-refractivity contribution >= 4 is 15.7 Å². The van der Waals surface area contributed by atoms with Crippen molar-refractivity contribution in [1.82, 2.24) is 9.71 Å². The molecule has 1 aliphatic rings. The Morgan fingerprint density at radius 3 is 2.56 bits per heavy atom.